The summed E-state index contributed by atoms with van der Waals surface area (Å²) < 4.78 is 0. The number of nitrogens with one attached hydrogen (secondary N) is 1. The maximum Gasteiger partial charge on any atom is 0.225 e. The van der Waals surface area contributed by atoms with Gasteiger partial charge in [-0.1, -0.05) is 12.5 Å². The molecule has 122 valence electrons. The monoisotopic (exact) mass is 313 g/mol. The molecular weight excluding hydrogens is 290 g/mol. The number of pyridine rings is 1. The molecule has 3 aliphatic rings. The van der Waals surface area contributed by atoms with Gasteiger partial charge in [0, 0.05) is 37.9 Å². The number of aromatic nitrogens is 1. The third kappa shape index (κ3) is 2.84. The van der Waals surface area contributed by atoms with Crippen molar-refractivity contribution in [3.8, 4) is 0 Å². The summed E-state index contributed by atoms with van der Waals surface area (Å²) in [5.41, 5.74) is 0.982. The number of carbonyl (C=O) groups is 2. The zero-order valence-electron chi connectivity index (χ0n) is 13.3. The van der Waals surface area contributed by atoms with Gasteiger partial charge in [0.15, 0.2) is 0 Å². The van der Waals surface area contributed by atoms with E-state index in [-0.39, 0.29) is 17.7 Å². The Morgan fingerprint density at radius 2 is 2.26 bits per heavy atom. The van der Waals surface area contributed by atoms with Crippen molar-refractivity contribution >= 4 is 11.8 Å². The molecule has 5 heteroatoms. The minimum atomic E-state index is -0.196. The normalized spacial score (nSPS) is 32.5. The van der Waals surface area contributed by atoms with Gasteiger partial charge >= 0.3 is 0 Å². The second-order valence-corrected chi connectivity index (χ2v) is 7.27. The average Bonchev–Trinajstić information content (AvgIpc) is 3.28. The molecule has 0 radical (unpaired) electrons. The highest BCUT2D eigenvalue weighted by Gasteiger charge is 2.47. The molecule has 0 aromatic carbocycles. The zero-order valence-corrected chi connectivity index (χ0v) is 13.3. The molecule has 2 bridgehead atoms. The highest BCUT2D eigenvalue weighted by Crippen LogP contribution is 2.47. The molecule has 1 aromatic heterocycles. The number of carbonyl (C=O) groups excluding carboxylic acids is 2. The summed E-state index contributed by atoms with van der Waals surface area (Å²) >= 11 is 0. The Labute approximate surface area is 136 Å². The first-order valence-electron chi connectivity index (χ1n) is 8.67. The van der Waals surface area contributed by atoms with Crippen molar-refractivity contribution in [2.45, 2.75) is 44.7 Å². The van der Waals surface area contributed by atoms with Crippen molar-refractivity contribution in [3.63, 3.8) is 0 Å². The van der Waals surface area contributed by atoms with E-state index in [1.165, 1.54) is 19.3 Å². The molecule has 1 saturated heterocycles. The molecule has 3 fully saturated rings. The number of likely N-dealkylation sites (tertiary alicyclic amines) is 1. The van der Waals surface area contributed by atoms with Crippen LogP contribution in [0.25, 0.3) is 0 Å². The van der Waals surface area contributed by atoms with Crippen LogP contribution in [0.4, 0.5) is 0 Å². The third-order valence-electron chi connectivity index (χ3n) is 5.82. The highest BCUT2D eigenvalue weighted by molar-refractivity contribution is 5.89. The summed E-state index contributed by atoms with van der Waals surface area (Å²) in [6, 6.07) is 4.20. The molecule has 1 N–H and O–H groups in total. The van der Waals surface area contributed by atoms with Gasteiger partial charge in [-0.3, -0.25) is 14.6 Å². The second-order valence-electron chi connectivity index (χ2n) is 7.27. The van der Waals surface area contributed by atoms with Gasteiger partial charge in [0.05, 0.1) is 5.92 Å². The SMILES string of the molecule is O=C(NCc1cccnc1)[C@@H]1CC(=O)N([C@H]2C[C@H]3CC[C@H]2C3)C1. The van der Waals surface area contributed by atoms with E-state index in [1.54, 1.807) is 12.4 Å². The second kappa shape index (κ2) is 5.95. The largest absolute Gasteiger partial charge is 0.352 e. The Balaban J connectivity index is 1.33. The van der Waals surface area contributed by atoms with Gasteiger partial charge in [0.25, 0.3) is 0 Å². The number of fused-ring (bicyclic) bond motifs is 2. The van der Waals surface area contributed by atoms with Crippen molar-refractivity contribution in [2.24, 2.45) is 17.8 Å². The smallest absolute Gasteiger partial charge is 0.225 e. The van der Waals surface area contributed by atoms with Gasteiger partial charge in [0.2, 0.25) is 11.8 Å². The van der Waals surface area contributed by atoms with Gasteiger partial charge in [-0.15, -0.1) is 0 Å². The van der Waals surface area contributed by atoms with E-state index in [0.29, 0.717) is 31.5 Å². The van der Waals surface area contributed by atoms with Crippen molar-refractivity contribution in [1.82, 2.24) is 15.2 Å². The van der Waals surface area contributed by atoms with E-state index in [2.05, 4.69) is 10.3 Å². The standard InChI is InChI=1S/C18H23N3O2/c22-17-8-15(18(23)20-10-13-2-1-5-19-9-13)11-21(17)16-7-12-3-4-14(16)6-12/h1-2,5,9,12,14-16H,3-4,6-8,10-11H2,(H,20,23)/t12-,14-,15+,16-/m0/s1. The lowest BCUT2D eigenvalue weighted by atomic mass is 9.94. The topological polar surface area (TPSA) is 62.3 Å². The van der Waals surface area contributed by atoms with Crippen molar-refractivity contribution in [3.05, 3.63) is 30.1 Å². The Morgan fingerprint density at radius 3 is 2.96 bits per heavy atom. The predicted molar refractivity (Wildman–Crippen MR) is 85.1 cm³/mol. The number of nitrogens with zero attached hydrogens (tertiary/aromatic N) is 2. The molecule has 23 heavy (non-hydrogen) atoms. The summed E-state index contributed by atoms with van der Waals surface area (Å²) in [6.07, 6.45) is 8.87. The molecule has 2 saturated carbocycles. The Morgan fingerprint density at radius 1 is 1.35 bits per heavy atom. The van der Waals surface area contributed by atoms with Crippen LogP contribution in [0.5, 0.6) is 0 Å². The van der Waals surface area contributed by atoms with Crippen LogP contribution in [0.15, 0.2) is 24.5 Å². The van der Waals surface area contributed by atoms with Crippen molar-refractivity contribution < 1.29 is 9.59 Å². The maximum absolute atomic E-state index is 12.4. The lowest BCUT2D eigenvalue weighted by Crippen LogP contribution is -2.41. The van der Waals surface area contributed by atoms with E-state index in [4.69, 9.17) is 0 Å². The summed E-state index contributed by atoms with van der Waals surface area (Å²) in [4.78, 5) is 30.8. The van der Waals surface area contributed by atoms with Gasteiger partial charge in [0.1, 0.15) is 0 Å². The van der Waals surface area contributed by atoms with Crippen LogP contribution in [-0.2, 0) is 16.1 Å². The number of hydrogen-bond donors (Lipinski definition) is 1. The van der Waals surface area contributed by atoms with Crippen molar-refractivity contribution in [1.29, 1.82) is 0 Å². The van der Waals surface area contributed by atoms with Crippen LogP contribution in [-0.4, -0.2) is 34.3 Å². The summed E-state index contributed by atoms with van der Waals surface area (Å²) in [7, 11) is 0. The minimum absolute atomic E-state index is 0.00661. The van der Waals surface area contributed by atoms with Gasteiger partial charge < -0.3 is 10.2 Å². The third-order valence-corrected chi connectivity index (χ3v) is 5.82. The quantitative estimate of drug-likeness (QED) is 0.921. The van der Waals surface area contributed by atoms with E-state index in [1.807, 2.05) is 17.0 Å². The first kappa shape index (κ1) is 14.7. The Kier molecular flexibility index (Phi) is 3.79. The molecule has 4 rings (SSSR count). The molecule has 4 atom stereocenters. The summed E-state index contributed by atoms with van der Waals surface area (Å²) in [5.74, 6) is 1.47. The van der Waals surface area contributed by atoms with E-state index < -0.39 is 0 Å². The lowest BCUT2D eigenvalue weighted by molar-refractivity contribution is -0.131. The molecule has 5 nitrogen and oxygen atoms in total. The Hall–Kier alpha value is -1.91. The van der Waals surface area contributed by atoms with Gasteiger partial charge in [-0.2, -0.15) is 0 Å². The fourth-order valence-electron chi connectivity index (χ4n) is 4.66. The minimum Gasteiger partial charge on any atom is -0.352 e. The van der Waals surface area contributed by atoms with Crippen molar-refractivity contribution in [2.75, 3.05) is 6.54 Å². The van der Waals surface area contributed by atoms with Crippen LogP contribution in [0.3, 0.4) is 0 Å². The highest BCUT2D eigenvalue weighted by atomic mass is 16.2. The van der Waals surface area contributed by atoms with Crippen LogP contribution in [0.1, 0.15) is 37.7 Å². The molecule has 1 aromatic rings. The summed E-state index contributed by atoms with van der Waals surface area (Å²) in [6.45, 7) is 1.08. The molecule has 2 heterocycles. The average molecular weight is 313 g/mol. The van der Waals surface area contributed by atoms with Crippen LogP contribution < -0.4 is 5.32 Å². The maximum atomic E-state index is 12.4. The molecule has 1 aliphatic heterocycles. The number of rotatable bonds is 4. The van der Waals surface area contributed by atoms with Crippen LogP contribution >= 0.6 is 0 Å². The van der Waals surface area contributed by atoms with Crippen LogP contribution in [0.2, 0.25) is 0 Å². The molecule has 0 spiro atoms. The van der Waals surface area contributed by atoms with Gasteiger partial charge in [-0.05, 0) is 42.7 Å². The van der Waals surface area contributed by atoms with E-state index in [9.17, 15) is 9.59 Å². The molecule has 2 aliphatic carbocycles. The lowest BCUT2D eigenvalue weighted by Gasteiger charge is -2.31. The number of hydrogen-bond acceptors (Lipinski definition) is 3. The summed E-state index contributed by atoms with van der Waals surface area (Å²) in [5, 5.41) is 2.95. The predicted octanol–water partition coefficient (Wildman–Crippen LogP) is 1.73. The molecule has 0 unspecified atom stereocenters. The number of amides is 2. The first-order chi connectivity index (χ1) is 11.2. The zero-order chi connectivity index (χ0) is 15.8. The van der Waals surface area contributed by atoms with E-state index >= 15 is 0 Å². The fraction of sp³-hybridized carbons (Fsp3) is 0.611. The fourth-order valence-corrected chi connectivity index (χ4v) is 4.66. The first-order valence-corrected chi connectivity index (χ1v) is 8.67. The molecule has 2 amide bonds. The Bertz CT molecular complexity index is 604. The van der Waals surface area contributed by atoms with Crippen LogP contribution in [0, 0.1) is 17.8 Å². The molecular formula is C18H23N3O2. The van der Waals surface area contributed by atoms with E-state index in [0.717, 1.165) is 17.9 Å². The van der Waals surface area contributed by atoms with Gasteiger partial charge in [-0.25, -0.2) is 0 Å².